The number of aryl methyl sites for hydroxylation is 4. The molecule has 0 fully saturated rings. The van der Waals surface area contributed by atoms with Crippen molar-refractivity contribution in [3.8, 4) is 17.3 Å². The molecule has 0 unspecified atom stereocenters. The zero-order valence-corrected chi connectivity index (χ0v) is 17.7. The maximum Gasteiger partial charge on any atom is 0.140 e. The first-order valence-corrected chi connectivity index (χ1v) is 9.77. The van der Waals surface area contributed by atoms with Crippen LogP contribution < -0.4 is 5.73 Å². The highest BCUT2D eigenvalue weighted by Crippen LogP contribution is 2.29. The van der Waals surface area contributed by atoms with Gasteiger partial charge in [0.05, 0.1) is 0 Å². The van der Waals surface area contributed by atoms with Gasteiger partial charge >= 0.3 is 0 Å². The first-order chi connectivity index (χ1) is 12.4. The van der Waals surface area contributed by atoms with E-state index in [2.05, 4.69) is 62.9 Å². The Bertz CT molecular complexity index is 1020. The Labute approximate surface area is 169 Å². The maximum atomic E-state index is 9.57. The van der Waals surface area contributed by atoms with Crippen LogP contribution in [0.1, 0.15) is 22.3 Å². The standard InChI is InChI=1S/C20H18Br2N4/c1-12-3-4-15(9-13(12)2)19-17(11-23)20(24)26(25-19)8-7-14-10-16(21)5-6-18(14)22/h3-6,9-10H,7-8,24H2,1-2H3. The lowest BCUT2D eigenvalue weighted by Gasteiger charge is -2.07. The Morgan fingerprint density at radius 1 is 1.12 bits per heavy atom. The third kappa shape index (κ3) is 3.69. The fourth-order valence-electron chi connectivity index (χ4n) is 2.81. The van der Waals surface area contributed by atoms with Crippen molar-refractivity contribution in [3.63, 3.8) is 0 Å². The summed E-state index contributed by atoms with van der Waals surface area (Å²) in [5, 5.41) is 14.2. The lowest BCUT2D eigenvalue weighted by molar-refractivity contribution is 0.624. The molecule has 26 heavy (non-hydrogen) atoms. The number of nitriles is 1. The second-order valence-electron chi connectivity index (χ2n) is 6.23. The second-order valence-corrected chi connectivity index (χ2v) is 8.00. The molecule has 6 heteroatoms. The van der Waals surface area contributed by atoms with Gasteiger partial charge < -0.3 is 5.73 Å². The minimum absolute atomic E-state index is 0.409. The van der Waals surface area contributed by atoms with E-state index < -0.39 is 0 Å². The third-order valence-corrected chi connectivity index (χ3v) is 5.75. The number of hydrogen-bond acceptors (Lipinski definition) is 3. The topological polar surface area (TPSA) is 67.6 Å². The zero-order chi connectivity index (χ0) is 18.8. The molecule has 3 aromatic rings. The van der Waals surface area contributed by atoms with E-state index in [0.717, 1.165) is 32.1 Å². The normalized spacial score (nSPS) is 10.7. The van der Waals surface area contributed by atoms with Gasteiger partial charge in [0.1, 0.15) is 23.1 Å². The largest absolute Gasteiger partial charge is 0.383 e. The van der Waals surface area contributed by atoms with E-state index in [1.807, 2.05) is 30.3 Å². The van der Waals surface area contributed by atoms with Gasteiger partial charge in [-0.1, -0.05) is 44.0 Å². The van der Waals surface area contributed by atoms with Gasteiger partial charge in [-0.2, -0.15) is 10.4 Å². The van der Waals surface area contributed by atoms with E-state index in [-0.39, 0.29) is 0 Å². The van der Waals surface area contributed by atoms with Crippen LogP contribution in [0.2, 0.25) is 0 Å². The van der Waals surface area contributed by atoms with Crippen molar-refractivity contribution in [1.29, 1.82) is 5.26 Å². The smallest absolute Gasteiger partial charge is 0.140 e. The quantitative estimate of drug-likeness (QED) is 0.552. The first kappa shape index (κ1) is 18.7. The average molecular weight is 474 g/mol. The van der Waals surface area contributed by atoms with Crippen LogP contribution in [-0.4, -0.2) is 9.78 Å². The summed E-state index contributed by atoms with van der Waals surface area (Å²) in [7, 11) is 0. The molecule has 0 bridgehead atoms. The molecule has 0 aliphatic carbocycles. The van der Waals surface area contributed by atoms with Crippen LogP contribution >= 0.6 is 31.9 Å². The molecule has 0 amide bonds. The molecule has 0 saturated carbocycles. The zero-order valence-electron chi connectivity index (χ0n) is 14.6. The van der Waals surface area contributed by atoms with Crippen LogP contribution in [0, 0.1) is 25.2 Å². The van der Waals surface area contributed by atoms with Crippen molar-refractivity contribution in [2.75, 3.05) is 5.73 Å². The molecule has 132 valence electrons. The molecule has 0 radical (unpaired) electrons. The lowest BCUT2D eigenvalue weighted by atomic mass is 10.0. The molecule has 0 saturated heterocycles. The Kier molecular flexibility index (Phi) is 5.49. The average Bonchev–Trinajstić information content (AvgIpc) is 2.94. The molecule has 2 N–H and O–H groups in total. The number of benzene rings is 2. The predicted molar refractivity (Wildman–Crippen MR) is 112 cm³/mol. The summed E-state index contributed by atoms with van der Waals surface area (Å²) in [6, 6.07) is 14.4. The van der Waals surface area contributed by atoms with E-state index in [9.17, 15) is 5.26 Å². The molecule has 1 heterocycles. The fourth-order valence-corrected chi connectivity index (χ4v) is 3.66. The van der Waals surface area contributed by atoms with Crippen molar-refractivity contribution in [2.45, 2.75) is 26.8 Å². The van der Waals surface area contributed by atoms with Crippen LogP contribution in [0.4, 0.5) is 5.82 Å². The molecular weight excluding hydrogens is 456 g/mol. The summed E-state index contributed by atoms with van der Waals surface area (Å²) >= 11 is 7.07. The van der Waals surface area contributed by atoms with Gasteiger partial charge in [0.25, 0.3) is 0 Å². The molecule has 0 aliphatic heterocycles. The van der Waals surface area contributed by atoms with Crippen molar-refractivity contribution in [3.05, 3.63) is 67.6 Å². The lowest BCUT2D eigenvalue weighted by Crippen LogP contribution is -2.07. The number of halogens is 2. The highest BCUT2D eigenvalue weighted by Gasteiger charge is 2.17. The summed E-state index contributed by atoms with van der Waals surface area (Å²) in [6.07, 6.45) is 0.753. The molecule has 0 atom stereocenters. The fraction of sp³-hybridized carbons (Fsp3) is 0.200. The molecule has 3 rings (SSSR count). The van der Waals surface area contributed by atoms with Gasteiger partial charge in [0, 0.05) is 21.1 Å². The van der Waals surface area contributed by atoms with Gasteiger partial charge in [-0.3, -0.25) is 0 Å². The van der Waals surface area contributed by atoms with Gasteiger partial charge in [-0.05, 0) is 61.2 Å². The second kappa shape index (κ2) is 7.65. The van der Waals surface area contributed by atoms with Crippen molar-refractivity contribution in [2.24, 2.45) is 0 Å². The third-order valence-electron chi connectivity index (χ3n) is 4.48. The maximum absolute atomic E-state index is 9.57. The monoisotopic (exact) mass is 472 g/mol. The van der Waals surface area contributed by atoms with Gasteiger partial charge in [0.15, 0.2) is 0 Å². The molecule has 0 aliphatic rings. The minimum Gasteiger partial charge on any atom is -0.383 e. The minimum atomic E-state index is 0.409. The molecular formula is C20H18Br2N4. The summed E-state index contributed by atoms with van der Waals surface area (Å²) < 4.78 is 3.79. The molecule has 1 aromatic heterocycles. The van der Waals surface area contributed by atoms with Crippen molar-refractivity contribution >= 4 is 37.7 Å². The van der Waals surface area contributed by atoms with Crippen LogP contribution in [0.3, 0.4) is 0 Å². The van der Waals surface area contributed by atoms with Gasteiger partial charge in [-0.25, -0.2) is 4.68 Å². The van der Waals surface area contributed by atoms with E-state index >= 15 is 0 Å². The molecule has 2 aromatic carbocycles. The van der Waals surface area contributed by atoms with Crippen LogP contribution in [0.25, 0.3) is 11.3 Å². The number of hydrogen-bond donors (Lipinski definition) is 1. The number of nitrogens with two attached hydrogens (primary N) is 1. The van der Waals surface area contributed by atoms with Gasteiger partial charge in [0.2, 0.25) is 0 Å². The Hall–Kier alpha value is -2.10. The summed E-state index contributed by atoms with van der Waals surface area (Å²) in [5.74, 6) is 0.409. The highest BCUT2D eigenvalue weighted by molar-refractivity contribution is 9.11. The number of aromatic nitrogens is 2. The Balaban J connectivity index is 1.94. The van der Waals surface area contributed by atoms with E-state index in [0.29, 0.717) is 23.6 Å². The van der Waals surface area contributed by atoms with Crippen LogP contribution in [-0.2, 0) is 13.0 Å². The van der Waals surface area contributed by atoms with E-state index in [1.165, 1.54) is 5.56 Å². The number of nitrogens with zero attached hydrogens (tertiary/aromatic N) is 3. The van der Waals surface area contributed by atoms with E-state index in [4.69, 9.17) is 5.73 Å². The number of nitrogen functional groups attached to an aromatic ring is 1. The molecule has 4 nitrogen and oxygen atoms in total. The summed E-state index contributed by atoms with van der Waals surface area (Å²) in [4.78, 5) is 0. The summed E-state index contributed by atoms with van der Waals surface area (Å²) in [5.41, 5.74) is 11.7. The number of rotatable bonds is 4. The van der Waals surface area contributed by atoms with E-state index in [1.54, 1.807) is 4.68 Å². The number of anilines is 1. The van der Waals surface area contributed by atoms with Crippen LogP contribution in [0.15, 0.2) is 45.3 Å². The Morgan fingerprint density at radius 2 is 1.88 bits per heavy atom. The van der Waals surface area contributed by atoms with Gasteiger partial charge in [-0.15, -0.1) is 0 Å². The highest BCUT2D eigenvalue weighted by atomic mass is 79.9. The first-order valence-electron chi connectivity index (χ1n) is 8.18. The van der Waals surface area contributed by atoms with Crippen molar-refractivity contribution < 1.29 is 0 Å². The van der Waals surface area contributed by atoms with Crippen molar-refractivity contribution in [1.82, 2.24) is 9.78 Å². The summed E-state index contributed by atoms with van der Waals surface area (Å²) in [6.45, 7) is 4.71. The van der Waals surface area contributed by atoms with Crippen LogP contribution in [0.5, 0.6) is 0 Å². The predicted octanol–water partition coefficient (Wildman–Crippen LogP) is 5.39. The Morgan fingerprint density at radius 3 is 2.58 bits per heavy atom. The SMILES string of the molecule is Cc1ccc(-c2nn(CCc3cc(Br)ccc3Br)c(N)c2C#N)cc1C. The molecule has 0 spiro atoms.